The van der Waals surface area contributed by atoms with E-state index in [0.29, 0.717) is 23.3 Å². The van der Waals surface area contributed by atoms with Crippen LogP contribution in [0.3, 0.4) is 0 Å². The number of aromatic nitrogens is 4. The minimum atomic E-state index is 0.0728. The first-order chi connectivity index (χ1) is 14.3. The van der Waals surface area contributed by atoms with E-state index in [1.165, 1.54) is 4.70 Å². The van der Waals surface area contributed by atoms with Crippen LogP contribution < -0.4 is 10.1 Å². The molecule has 0 spiro atoms. The summed E-state index contributed by atoms with van der Waals surface area (Å²) in [6.45, 7) is 0. The van der Waals surface area contributed by atoms with Crippen LogP contribution in [-0.4, -0.2) is 32.1 Å². The normalized spacial score (nSPS) is 18.0. The molecule has 3 heterocycles. The number of anilines is 1. The Hall–Kier alpha value is -3.57. The standard InChI is InChI=1S/C21H16N6OS/c22-11-14-6-5-13(12-25-14)19-20(24-8-7-23-19)28-16-9-15(10-16)26-21-27-17-3-1-2-4-18(17)29-21/h1-8,12,15-16H,9-10H2,(H,26,27)/t15-,16-. The van der Waals surface area contributed by atoms with Gasteiger partial charge in [0.05, 0.1) is 10.2 Å². The molecule has 3 aromatic heterocycles. The molecule has 1 aliphatic carbocycles. The second-order valence-electron chi connectivity index (χ2n) is 6.79. The number of pyridine rings is 1. The Labute approximate surface area is 171 Å². The first-order valence-corrected chi connectivity index (χ1v) is 10.1. The second-order valence-corrected chi connectivity index (χ2v) is 7.82. The Bertz CT molecular complexity index is 1160. The van der Waals surface area contributed by atoms with E-state index in [1.807, 2.05) is 24.3 Å². The summed E-state index contributed by atoms with van der Waals surface area (Å²) in [7, 11) is 0. The van der Waals surface area contributed by atoms with Gasteiger partial charge in [-0.2, -0.15) is 5.26 Å². The zero-order valence-corrected chi connectivity index (χ0v) is 16.1. The molecule has 0 amide bonds. The van der Waals surface area contributed by atoms with Gasteiger partial charge in [-0.1, -0.05) is 23.5 Å². The number of ether oxygens (including phenoxy) is 1. The summed E-state index contributed by atoms with van der Waals surface area (Å²) in [5.74, 6) is 0.488. The van der Waals surface area contributed by atoms with Crippen molar-refractivity contribution in [1.29, 1.82) is 5.26 Å². The van der Waals surface area contributed by atoms with Gasteiger partial charge in [0.1, 0.15) is 23.6 Å². The summed E-state index contributed by atoms with van der Waals surface area (Å²) >= 11 is 1.67. The molecule has 1 saturated carbocycles. The van der Waals surface area contributed by atoms with Crippen molar-refractivity contribution in [2.45, 2.75) is 25.0 Å². The molecule has 1 aromatic carbocycles. The highest BCUT2D eigenvalue weighted by molar-refractivity contribution is 7.22. The monoisotopic (exact) mass is 400 g/mol. The summed E-state index contributed by atoms with van der Waals surface area (Å²) in [6, 6.07) is 13.9. The van der Waals surface area contributed by atoms with Gasteiger partial charge in [-0.15, -0.1) is 0 Å². The van der Waals surface area contributed by atoms with Gasteiger partial charge in [0.2, 0.25) is 5.88 Å². The number of hydrogen-bond donors (Lipinski definition) is 1. The van der Waals surface area contributed by atoms with Gasteiger partial charge < -0.3 is 10.1 Å². The molecule has 0 saturated heterocycles. The van der Waals surface area contributed by atoms with Crippen LogP contribution in [-0.2, 0) is 0 Å². The minimum Gasteiger partial charge on any atom is -0.473 e. The van der Waals surface area contributed by atoms with E-state index in [4.69, 9.17) is 10.00 Å². The lowest BCUT2D eigenvalue weighted by molar-refractivity contribution is 0.103. The molecule has 142 valence electrons. The maximum Gasteiger partial charge on any atom is 0.240 e. The highest BCUT2D eigenvalue weighted by Crippen LogP contribution is 2.33. The molecule has 8 heteroatoms. The van der Waals surface area contributed by atoms with Gasteiger partial charge in [0.25, 0.3) is 0 Å². The van der Waals surface area contributed by atoms with Crippen molar-refractivity contribution in [3.8, 4) is 23.2 Å². The van der Waals surface area contributed by atoms with Crippen molar-refractivity contribution in [1.82, 2.24) is 19.9 Å². The molecule has 0 radical (unpaired) electrons. The molecule has 7 nitrogen and oxygen atoms in total. The molecule has 0 atom stereocenters. The molecule has 1 fully saturated rings. The van der Waals surface area contributed by atoms with E-state index in [0.717, 1.165) is 29.1 Å². The van der Waals surface area contributed by atoms with E-state index in [1.54, 1.807) is 42.1 Å². The molecular weight excluding hydrogens is 384 g/mol. The lowest BCUT2D eigenvalue weighted by Crippen LogP contribution is -2.42. The van der Waals surface area contributed by atoms with Crippen molar-refractivity contribution < 1.29 is 4.74 Å². The first kappa shape index (κ1) is 17.5. The Morgan fingerprint density at radius 3 is 2.72 bits per heavy atom. The zero-order chi connectivity index (χ0) is 19.6. The topological polar surface area (TPSA) is 96.6 Å². The number of nitrogens with zero attached hydrogens (tertiary/aromatic N) is 5. The number of nitriles is 1. The molecule has 29 heavy (non-hydrogen) atoms. The largest absolute Gasteiger partial charge is 0.473 e. The van der Waals surface area contributed by atoms with E-state index in [9.17, 15) is 0 Å². The fraction of sp³-hybridized carbons (Fsp3) is 0.190. The smallest absolute Gasteiger partial charge is 0.240 e. The molecule has 4 aromatic rings. The molecule has 0 bridgehead atoms. The van der Waals surface area contributed by atoms with Gasteiger partial charge in [0, 0.05) is 43.0 Å². The Morgan fingerprint density at radius 2 is 1.93 bits per heavy atom. The lowest BCUT2D eigenvalue weighted by Gasteiger charge is -2.35. The van der Waals surface area contributed by atoms with Gasteiger partial charge in [0.15, 0.2) is 5.13 Å². The third-order valence-corrected chi connectivity index (χ3v) is 5.78. The van der Waals surface area contributed by atoms with E-state index < -0.39 is 0 Å². The van der Waals surface area contributed by atoms with Crippen LogP contribution in [0.25, 0.3) is 21.5 Å². The van der Waals surface area contributed by atoms with Crippen LogP contribution in [0.2, 0.25) is 0 Å². The highest BCUT2D eigenvalue weighted by atomic mass is 32.1. The van der Waals surface area contributed by atoms with Gasteiger partial charge in [-0.05, 0) is 24.3 Å². The van der Waals surface area contributed by atoms with E-state index >= 15 is 0 Å². The first-order valence-electron chi connectivity index (χ1n) is 9.25. The average Bonchev–Trinajstić information content (AvgIpc) is 3.15. The summed E-state index contributed by atoms with van der Waals surface area (Å²) in [6.07, 6.45) is 6.68. The minimum absolute atomic E-state index is 0.0728. The van der Waals surface area contributed by atoms with Gasteiger partial charge >= 0.3 is 0 Å². The molecule has 0 aliphatic heterocycles. The fourth-order valence-corrected chi connectivity index (χ4v) is 4.20. The van der Waals surface area contributed by atoms with Crippen molar-refractivity contribution in [3.05, 3.63) is 60.7 Å². The van der Waals surface area contributed by atoms with Crippen LogP contribution in [0.5, 0.6) is 5.88 Å². The average molecular weight is 400 g/mol. The van der Waals surface area contributed by atoms with Crippen molar-refractivity contribution in [2.75, 3.05) is 5.32 Å². The van der Waals surface area contributed by atoms with Gasteiger partial charge in [-0.3, -0.25) is 0 Å². The van der Waals surface area contributed by atoms with E-state index in [2.05, 4.69) is 31.3 Å². The third-order valence-electron chi connectivity index (χ3n) is 4.81. The lowest BCUT2D eigenvalue weighted by atomic mass is 9.89. The van der Waals surface area contributed by atoms with E-state index in [-0.39, 0.29) is 6.10 Å². The maximum absolute atomic E-state index is 8.91. The number of rotatable bonds is 5. The Morgan fingerprint density at radius 1 is 1.07 bits per heavy atom. The summed E-state index contributed by atoms with van der Waals surface area (Å²) < 4.78 is 7.28. The van der Waals surface area contributed by atoms with Crippen molar-refractivity contribution in [3.63, 3.8) is 0 Å². The van der Waals surface area contributed by atoms with Crippen LogP contribution in [0.1, 0.15) is 18.5 Å². The Balaban J connectivity index is 1.24. The predicted octanol–water partition coefficient (Wildman–Crippen LogP) is 4.04. The number of nitrogens with one attached hydrogen (secondary N) is 1. The number of benzene rings is 1. The molecule has 5 rings (SSSR count). The van der Waals surface area contributed by atoms with Gasteiger partial charge in [-0.25, -0.2) is 19.9 Å². The quantitative estimate of drug-likeness (QED) is 0.540. The zero-order valence-electron chi connectivity index (χ0n) is 15.3. The maximum atomic E-state index is 8.91. The predicted molar refractivity (Wildman–Crippen MR) is 111 cm³/mol. The molecule has 1 N–H and O–H groups in total. The summed E-state index contributed by atoms with van der Waals surface area (Å²) in [5, 5.41) is 13.3. The summed E-state index contributed by atoms with van der Waals surface area (Å²) in [5.41, 5.74) is 2.79. The summed E-state index contributed by atoms with van der Waals surface area (Å²) in [4.78, 5) is 17.5. The number of hydrogen-bond acceptors (Lipinski definition) is 8. The van der Waals surface area contributed by atoms with Crippen LogP contribution in [0.4, 0.5) is 5.13 Å². The van der Waals surface area contributed by atoms with Crippen LogP contribution in [0, 0.1) is 11.3 Å². The molecular formula is C21H16N6OS. The van der Waals surface area contributed by atoms with Crippen molar-refractivity contribution in [2.24, 2.45) is 0 Å². The van der Waals surface area contributed by atoms with Crippen molar-refractivity contribution >= 4 is 26.7 Å². The Kier molecular flexibility index (Phi) is 4.50. The number of thiazole rings is 1. The SMILES string of the molecule is N#Cc1ccc(-c2nccnc2O[C@H]2C[C@H](Nc3nc4ccccc4s3)C2)cn1. The number of para-hydroxylation sites is 1. The molecule has 1 aliphatic rings. The fourth-order valence-electron chi connectivity index (χ4n) is 3.26. The third kappa shape index (κ3) is 3.60. The van der Waals surface area contributed by atoms with Crippen LogP contribution in [0.15, 0.2) is 55.0 Å². The number of fused-ring (bicyclic) bond motifs is 1. The molecule has 0 unspecified atom stereocenters. The highest BCUT2D eigenvalue weighted by Gasteiger charge is 2.32. The second kappa shape index (κ2) is 7.45. The van der Waals surface area contributed by atoms with Crippen LogP contribution >= 0.6 is 11.3 Å².